The summed E-state index contributed by atoms with van der Waals surface area (Å²) in [6.45, 7) is 0. The van der Waals surface area contributed by atoms with Gasteiger partial charge in [0, 0.05) is 10.2 Å². The fourth-order valence-electron chi connectivity index (χ4n) is 2.06. The van der Waals surface area contributed by atoms with Crippen molar-refractivity contribution in [1.29, 1.82) is 0 Å². The molecule has 2 N–H and O–H groups in total. The van der Waals surface area contributed by atoms with Crippen molar-refractivity contribution in [2.24, 2.45) is 0 Å². The van der Waals surface area contributed by atoms with Gasteiger partial charge in [-0.2, -0.15) is 0 Å². The number of halogens is 1. The van der Waals surface area contributed by atoms with Gasteiger partial charge in [-0.3, -0.25) is 4.79 Å². The second kappa shape index (κ2) is 6.57. The van der Waals surface area contributed by atoms with Crippen LogP contribution in [-0.2, 0) is 16.0 Å². The predicted octanol–water partition coefficient (Wildman–Crippen LogP) is 3.53. The highest BCUT2D eigenvalue weighted by Gasteiger charge is 2.21. The van der Waals surface area contributed by atoms with E-state index < -0.39 is 0 Å². The Bertz CT molecular complexity index is 578. The van der Waals surface area contributed by atoms with Gasteiger partial charge < -0.3 is 10.5 Å². The molecule has 0 fully saturated rings. The summed E-state index contributed by atoms with van der Waals surface area (Å²) in [6, 6.07) is 15.3. The van der Waals surface area contributed by atoms with Gasteiger partial charge in [-0.05, 0) is 41.8 Å². The van der Waals surface area contributed by atoms with Crippen molar-refractivity contribution in [2.45, 2.75) is 12.3 Å². The second-order valence-electron chi connectivity index (χ2n) is 4.57. The number of ether oxygens (including phenoxy) is 1. The summed E-state index contributed by atoms with van der Waals surface area (Å²) in [5, 5.41) is 0. The summed E-state index contributed by atoms with van der Waals surface area (Å²) in [5.74, 6) is -0.556. The summed E-state index contributed by atoms with van der Waals surface area (Å²) in [6.07, 6.45) is 0.601. The zero-order chi connectivity index (χ0) is 14.5. The molecule has 0 saturated carbocycles. The Morgan fingerprint density at radius 1 is 1.15 bits per heavy atom. The van der Waals surface area contributed by atoms with Gasteiger partial charge in [-0.25, -0.2) is 0 Å². The largest absolute Gasteiger partial charge is 0.469 e. The lowest BCUT2D eigenvalue weighted by molar-refractivity contribution is -0.142. The van der Waals surface area contributed by atoms with Crippen LogP contribution in [0.4, 0.5) is 5.69 Å². The molecule has 0 aliphatic carbocycles. The highest BCUT2D eigenvalue weighted by Crippen LogP contribution is 2.24. The van der Waals surface area contributed by atoms with Crippen LogP contribution < -0.4 is 5.73 Å². The molecule has 20 heavy (non-hydrogen) atoms. The number of hydrogen-bond donors (Lipinski definition) is 1. The van der Waals surface area contributed by atoms with Crippen molar-refractivity contribution in [3.05, 3.63) is 64.1 Å². The highest BCUT2D eigenvalue weighted by atomic mass is 79.9. The van der Waals surface area contributed by atoms with Crippen LogP contribution in [0.2, 0.25) is 0 Å². The molecule has 0 heterocycles. The number of nitrogens with two attached hydrogens (primary N) is 1. The van der Waals surface area contributed by atoms with E-state index in [0.717, 1.165) is 15.6 Å². The Hall–Kier alpha value is -1.81. The Morgan fingerprint density at radius 2 is 1.75 bits per heavy atom. The number of hydrogen-bond acceptors (Lipinski definition) is 3. The summed E-state index contributed by atoms with van der Waals surface area (Å²) in [7, 11) is 1.41. The van der Waals surface area contributed by atoms with Crippen molar-refractivity contribution >= 4 is 27.6 Å². The van der Waals surface area contributed by atoms with Crippen LogP contribution in [0, 0.1) is 0 Å². The van der Waals surface area contributed by atoms with Crippen LogP contribution in [0.15, 0.2) is 53.0 Å². The van der Waals surface area contributed by atoms with E-state index in [2.05, 4.69) is 15.9 Å². The third-order valence-corrected chi connectivity index (χ3v) is 3.71. The molecule has 0 aliphatic rings. The topological polar surface area (TPSA) is 52.3 Å². The molecular weight excluding hydrogens is 318 g/mol. The number of esters is 1. The molecule has 0 saturated heterocycles. The minimum atomic E-state index is -0.318. The van der Waals surface area contributed by atoms with E-state index in [0.29, 0.717) is 12.1 Å². The van der Waals surface area contributed by atoms with Crippen LogP contribution in [0.5, 0.6) is 0 Å². The quantitative estimate of drug-likeness (QED) is 0.687. The van der Waals surface area contributed by atoms with Crippen LogP contribution >= 0.6 is 15.9 Å². The van der Waals surface area contributed by atoms with Gasteiger partial charge in [0.05, 0.1) is 13.0 Å². The molecule has 0 spiro atoms. The zero-order valence-corrected chi connectivity index (χ0v) is 12.8. The first kappa shape index (κ1) is 14.6. The van der Waals surface area contributed by atoms with Crippen molar-refractivity contribution < 1.29 is 9.53 Å². The Morgan fingerprint density at radius 3 is 2.30 bits per heavy atom. The lowest BCUT2D eigenvalue weighted by atomic mass is 9.92. The number of nitrogen functional groups attached to an aromatic ring is 1. The monoisotopic (exact) mass is 333 g/mol. The molecule has 2 aromatic rings. The molecule has 0 amide bonds. The molecule has 1 atom stereocenters. The van der Waals surface area contributed by atoms with Gasteiger partial charge in [0.25, 0.3) is 0 Å². The number of rotatable bonds is 4. The molecule has 2 aromatic carbocycles. The molecule has 1 unspecified atom stereocenters. The van der Waals surface area contributed by atoms with E-state index in [-0.39, 0.29) is 11.9 Å². The van der Waals surface area contributed by atoms with E-state index in [4.69, 9.17) is 10.5 Å². The zero-order valence-electron chi connectivity index (χ0n) is 11.2. The maximum Gasteiger partial charge on any atom is 0.313 e. The first-order valence-electron chi connectivity index (χ1n) is 6.28. The smallest absolute Gasteiger partial charge is 0.313 e. The standard InChI is InChI=1S/C16H16BrNO2/c1-20-16(19)15(12-4-8-14(18)9-5-12)10-11-2-6-13(17)7-3-11/h2-9,15H,10,18H2,1H3. The van der Waals surface area contributed by atoms with Crippen molar-refractivity contribution in [3.63, 3.8) is 0 Å². The Kier molecular flexibility index (Phi) is 4.79. The fourth-order valence-corrected chi connectivity index (χ4v) is 2.33. The van der Waals surface area contributed by atoms with E-state index in [9.17, 15) is 4.79 Å². The Labute approximate surface area is 126 Å². The van der Waals surface area contributed by atoms with E-state index in [1.54, 1.807) is 12.1 Å². The lowest BCUT2D eigenvalue weighted by Gasteiger charge is -2.15. The summed E-state index contributed by atoms with van der Waals surface area (Å²) in [4.78, 5) is 12.0. The van der Waals surface area contributed by atoms with Crippen LogP contribution in [0.1, 0.15) is 17.0 Å². The molecule has 3 nitrogen and oxygen atoms in total. The van der Waals surface area contributed by atoms with Crippen LogP contribution in [0.25, 0.3) is 0 Å². The third kappa shape index (κ3) is 3.61. The molecule has 2 rings (SSSR count). The molecule has 0 radical (unpaired) electrons. The van der Waals surface area contributed by atoms with Crippen molar-refractivity contribution in [1.82, 2.24) is 0 Å². The maximum absolute atomic E-state index is 12.0. The molecular formula is C16H16BrNO2. The average molecular weight is 334 g/mol. The van der Waals surface area contributed by atoms with Crippen LogP contribution in [-0.4, -0.2) is 13.1 Å². The van der Waals surface area contributed by atoms with Gasteiger partial charge >= 0.3 is 5.97 Å². The molecule has 0 aromatic heterocycles. The summed E-state index contributed by atoms with van der Waals surface area (Å²) >= 11 is 3.40. The maximum atomic E-state index is 12.0. The van der Waals surface area contributed by atoms with Gasteiger partial charge in [-0.15, -0.1) is 0 Å². The number of carbonyl (C=O) groups is 1. The van der Waals surface area contributed by atoms with Gasteiger partial charge in [-0.1, -0.05) is 40.2 Å². The number of benzene rings is 2. The van der Waals surface area contributed by atoms with Crippen LogP contribution in [0.3, 0.4) is 0 Å². The third-order valence-electron chi connectivity index (χ3n) is 3.18. The lowest BCUT2D eigenvalue weighted by Crippen LogP contribution is -2.16. The molecule has 0 aliphatic heterocycles. The predicted molar refractivity (Wildman–Crippen MR) is 83.5 cm³/mol. The summed E-state index contributed by atoms with van der Waals surface area (Å²) < 4.78 is 5.93. The summed E-state index contributed by atoms with van der Waals surface area (Å²) in [5.41, 5.74) is 8.36. The van der Waals surface area contributed by atoms with Gasteiger partial charge in [0.15, 0.2) is 0 Å². The number of methoxy groups -OCH3 is 1. The SMILES string of the molecule is COC(=O)C(Cc1ccc(Br)cc1)c1ccc(N)cc1. The number of carbonyl (C=O) groups excluding carboxylic acids is 1. The molecule has 4 heteroatoms. The fraction of sp³-hybridized carbons (Fsp3) is 0.188. The molecule has 0 bridgehead atoms. The first-order valence-corrected chi connectivity index (χ1v) is 7.07. The average Bonchev–Trinajstić information content (AvgIpc) is 2.47. The van der Waals surface area contributed by atoms with Crippen molar-refractivity contribution in [3.8, 4) is 0 Å². The minimum Gasteiger partial charge on any atom is -0.469 e. The highest BCUT2D eigenvalue weighted by molar-refractivity contribution is 9.10. The van der Waals surface area contributed by atoms with Gasteiger partial charge in [0.2, 0.25) is 0 Å². The first-order chi connectivity index (χ1) is 9.60. The van der Waals surface area contributed by atoms with E-state index in [1.165, 1.54) is 7.11 Å². The van der Waals surface area contributed by atoms with E-state index >= 15 is 0 Å². The molecule has 104 valence electrons. The second-order valence-corrected chi connectivity index (χ2v) is 5.49. The van der Waals surface area contributed by atoms with Gasteiger partial charge in [0.1, 0.15) is 0 Å². The Balaban J connectivity index is 2.26. The minimum absolute atomic E-state index is 0.238. The normalized spacial score (nSPS) is 11.9. The number of anilines is 1. The van der Waals surface area contributed by atoms with Crippen molar-refractivity contribution in [2.75, 3.05) is 12.8 Å². The van der Waals surface area contributed by atoms with E-state index in [1.807, 2.05) is 36.4 Å².